The van der Waals surface area contributed by atoms with Crippen LogP contribution >= 0.6 is 11.8 Å². The highest BCUT2D eigenvalue weighted by Gasteiger charge is 2.55. The van der Waals surface area contributed by atoms with E-state index in [9.17, 15) is 39.4 Å². The molecule has 0 saturated carbocycles. The smallest absolute Gasteiger partial charge is 0.435 e. The fraction of sp³-hybridized carbons (Fsp3) is 0.513. The molecule has 0 spiro atoms. The van der Waals surface area contributed by atoms with Gasteiger partial charge in [-0.15, -0.1) is 0 Å². The number of amides is 2. The van der Waals surface area contributed by atoms with E-state index < -0.39 is 48.3 Å². The van der Waals surface area contributed by atoms with Crippen molar-refractivity contribution in [2.24, 2.45) is 10.9 Å². The van der Waals surface area contributed by atoms with E-state index in [-0.39, 0.29) is 58.0 Å². The molecule has 308 valence electrons. The van der Waals surface area contributed by atoms with Crippen LogP contribution < -0.4 is 0 Å². The third-order valence-electron chi connectivity index (χ3n) is 10.5. The number of thioether (sulfide) groups is 1. The second kappa shape index (κ2) is 18.5. The molecule has 57 heavy (non-hydrogen) atoms. The number of ether oxygens (including phenoxy) is 2. The number of non-ortho nitro benzene ring substituents is 2. The van der Waals surface area contributed by atoms with Gasteiger partial charge in [-0.1, -0.05) is 32.5 Å². The molecule has 2 amide bonds. The number of esters is 1. The van der Waals surface area contributed by atoms with Crippen molar-refractivity contribution < 1.29 is 42.9 Å². The Labute approximate surface area is 337 Å². The van der Waals surface area contributed by atoms with Crippen LogP contribution in [-0.4, -0.2) is 87.4 Å². The third kappa shape index (κ3) is 11.3. The van der Waals surface area contributed by atoms with E-state index in [1.165, 1.54) is 53.4 Å². The van der Waals surface area contributed by atoms with Gasteiger partial charge in [0, 0.05) is 49.0 Å². The molecule has 2 aliphatic heterocycles. The Morgan fingerprint density at radius 1 is 0.930 bits per heavy atom. The molecule has 0 aliphatic carbocycles. The number of benzene rings is 2. The summed E-state index contributed by atoms with van der Waals surface area (Å²) in [6, 6.07) is 10.6. The van der Waals surface area contributed by atoms with Crippen LogP contribution in [0, 0.1) is 26.1 Å². The zero-order valence-electron chi connectivity index (χ0n) is 33.8. The van der Waals surface area contributed by atoms with Gasteiger partial charge in [0.2, 0.25) is 5.91 Å². The van der Waals surface area contributed by atoms with Crippen molar-refractivity contribution in [2.45, 2.75) is 110 Å². The number of likely N-dealkylation sites (tertiary alicyclic amines) is 2. The molecule has 0 unspecified atom stereocenters. The van der Waals surface area contributed by atoms with Gasteiger partial charge in [-0.25, -0.2) is 9.59 Å². The Kier molecular flexibility index (Phi) is 14.6. The second-order valence-electron chi connectivity index (χ2n) is 15.9. The molecule has 0 N–H and O–H groups in total. The molecular formula is C39H51N5O11SSi. The average Bonchev–Trinajstić information content (AvgIpc) is 3.59. The normalized spacial score (nSPS) is 19.1. The number of hydrogen-bond donors (Lipinski definition) is 0. The molecule has 2 aromatic carbocycles. The van der Waals surface area contributed by atoms with Gasteiger partial charge in [-0.2, -0.15) is 4.99 Å². The van der Waals surface area contributed by atoms with Gasteiger partial charge >= 0.3 is 12.1 Å². The van der Waals surface area contributed by atoms with Gasteiger partial charge < -0.3 is 23.7 Å². The van der Waals surface area contributed by atoms with Crippen LogP contribution in [-0.2, 0) is 41.5 Å². The lowest BCUT2D eigenvalue weighted by molar-refractivity contribution is -0.385. The van der Waals surface area contributed by atoms with E-state index in [4.69, 9.17) is 13.9 Å². The lowest BCUT2D eigenvalue weighted by atomic mass is 9.80. The lowest BCUT2D eigenvalue weighted by Gasteiger charge is -2.51. The summed E-state index contributed by atoms with van der Waals surface area (Å²) in [5, 5.41) is 21.5. The number of nitro benzene ring substituents is 2. The largest absolute Gasteiger partial charge is 0.456 e. The van der Waals surface area contributed by atoms with E-state index in [2.05, 4.69) is 38.9 Å². The van der Waals surface area contributed by atoms with E-state index in [1.807, 2.05) is 11.8 Å². The predicted molar refractivity (Wildman–Crippen MR) is 217 cm³/mol. The maximum absolute atomic E-state index is 14.0. The van der Waals surface area contributed by atoms with Crippen molar-refractivity contribution in [1.82, 2.24) is 9.80 Å². The Morgan fingerprint density at radius 3 is 1.95 bits per heavy atom. The number of amidine groups is 1. The van der Waals surface area contributed by atoms with Crippen molar-refractivity contribution in [3.05, 3.63) is 91.2 Å². The summed E-state index contributed by atoms with van der Waals surface area (Å²) < 4.78 is 17.5. The molecule has 2 aliphatic rings. The topological polar surface area (TPSA) is 201 Å². The molecule has 2 fully saturated rings. The fourth-order valence-electron chi connectivity index (χ4n) is 6.38. The van der Waals surface area contributed by atoms with Crippen molar-refractivity contribution in [1.29, 1.82) is 0 Å². The molecule has 4 atom stereocenters. The maximum atomic E-state index is 14.0. The maximum Gasteiger partial charge on any atom is 0.435 e. The van der Waals surface area contributed by atoms with Crippen LogP contribution in [0.25, 0.3) is 0 Å². The fourth-order valence-corrected chi connectivity index (χ4v) is 8.93. The quantitative estimate of drug-likeness (QED) is 0.0264. The van der Waals surface area contributed by atoms with E-state index in [0.29, 0.717) is 42.0 Å². The first kappa shape index (κ1) is 44.8. The van der Waals surface area contributed by atoms with Gasteiger partial charge in [0.05, 0.1) is 27.9 Å². The summed E-state index contributed by atoms with van der Waals surface area (Å²) in [7, 11) is -2.33. The van der Waals surface area contributed by atoms with Crippen LogP contribution in [0.15, 0.2) is 64.8 Å². The van der Waals surface area contributed by atoms with Crippen molar-refractivity contribution >= 4 is 60.4 Å². The number of rotatable bonds is 14. The van der Waals surface area contributed by atoms with Gasteiger partial charge in [-0.3, -0.25) is 29.8 Å². The van der Waals surface area contributed by atoms with E-state index in [0.717, 1.165) is 11.8 Å². The van der Waals surface area contributed by atoms with E-state index in [1.54, 1.807) is 20.8 Å². The number of β-lactam (4-membered cyclic amide) rings is 1. The summed E-state index contributed by atoms with van der Waals surface area (Å²) >= 11 is 1.16. The molecule has 16 nitrogen and oxygen atoms in total. The summed E-state index contributed by atoms with van der Waals surface area (Å²) in [5.74, 6) is -1.36. The van der Waals surface area contributed by atoms with Crippen LogP contribution in [0.1, 0.15) is 72.4 Å². The van der Waals surface area contributed by atoms with Gasteiger partial charge in [-0.05, 0) is 93.2 Å². The summed E-state index contributed by atoms with van der Waals surface area (Å²) in [4.78, 5) is 82.1. The summed E-state index contributed by atoms with van der Waals surface area (Å²) in [6.45, 7) is 18.1. The van der Waals surface area contributed by atoms with Crippen molar-refractivity contribution in [2.75, 3.05) is 13.1 Å². The minimum absolute atomic E-state index is 0.0415. The predicted octanol–water partition coefficient (Wildman–Crippen LogP) is 7.56. The van der Waals surface area contributed by atoms with Crippen LogP contribution in [0.5, 0.6) is 0 Å². The van der Waals surface area contributed by atoms with Crippen molar-refractivity contribution in [3.63, 3.8) is 0 Å². The summed E-state index contributed by atoms with van der Waals surface area (Å²) in [5.41, 5.74) is 1.49. The summed E-state index contributed by atoms with van der Waals surface area (Å²) in [6.07, 6.45) is -0.754. The SMILES string of the molecule is CC(=NC(=O)OCc1ccc([N+](=O)[O-])cc1)N1CC[C@H](SC(=O)C[C@@H]2[C@@H]([C@@H](C)O[Si](C)(C)C(C)(C)C)C(=O)N2C(C(=O)OCc2ccc([N+](=O)[O-])cc2)=C(C)C)C1. The first-order valence-corrected chi connectivity index (χ1v) is 22.4. The molecule has 4 rings (SSSR count). The highest BCUT2D eigenvalue weighted by atomic mass is 32.2. The minimum atomic E-state index is -2.33. The third-order valence-corrected chi connectivity index (χ3v) is 16.2. The Hall–Kier alpha value is -4.94. The molecule has 2 aromatic rings. The highest BCUT2D eigenvalue weighted by Crippen LogP contribution is 2.43. The molecule has 0 bridgehead atoms. The molecule has 2 saturated heterocycles. The molecular weight excluding hydrogens is 775 g/mol. The van der Waals surface area contributed by atoms with Crippen LogP contribution in [0.3, 0.4) is 0 Å². The highest BCUT2D eigenvalue weighted by molar-refractivity contribution is 8.14. The number of carbonyl (C=O) groups is 4. The van der Waals surface area contributed by atoms with Gasteiger partial charge in [0.1, 0.15) is 24.7 Å². The van der Waals surface area contributed by atoms with E-state index >= 15 is 0 Å². The molecule has 0 radical (unpaired) electrons. The van der Waals surface area contributed by atoms with Crippen molar-refractivity contribution in [3.8, 4) is 0 Å². The second-order valence-corrected chi connectivity index (χ2v) is 22.0. The molecule has 0 aromatic heterocycles. The number of hydrogen-bond acceptors (Lipinski definition) is 12. The van der Waals surface area contributed by atoms with Crippen LogP contribution in [0.4, 0.5) is 16.2 Å². The number of nitrogens with zero attached hydrogens (tertiary/aromatic N) is 5. The Bertz CT molecular complexity index is 1920. The zero-order valence-corrected chi connectivity index (χ0v) is 35.6. The number of carbonyl (C=O) groups excluding carboxylic acids is 4. The Balaban J connectivity index is 1.43. The van der Waals surface area contributed by atoms with Crippen LogP contribution in [0.2, 0.25) is 18.1 Å². The van der Waals surface area contributed by atoms with Gasteiger partial charge in [0.15, 0.2) is 13.4 Å². The van der Waals surface area contributed by atoms with Gasteiger partial charge in [0.25, 0.3) is 11.4 Å². The Morgan fingerprint density at radius 2 is 1.46 bits per heavy atom. The zero-order chi connectivity index (χ0) is 42.4. The minimum Gasteiger partial charge on any atom is -0.456 e. The number of aliphatic imine (C=N–C) groups is 1. The number of allylic oxidation sites excluding steroid dienone is 1. The standard InChI is InChI=1S/C39H51N5O11SSi/c1-24(2)35(37(47)53-22-27-10-14-29(15-11-27)43(49)50)42-32(34(36(42)46)25(3)55-57(8,9)39(5,6)7)20-33(45)56-31-18-19-41(21-31)26(4)40-38(48)54-23-28-12-16-30(17-13-28)44(51)52/h10-17,25,31-32,34H,18-23H2,1-9H3/t25-,31+,32-,34-/m1/s1. The number of nitro groups is 2. The monoisotopic (exact) mass is 825 g/mol. The first-order valence-electron chi connectivity index (χ1n) is 18.6. The first-order chi connectivity index (χ1) is 26.6. The molecule has 18 heteroatoms. The molecule has 2 heterocycles. The average molecular weight is 826 g/mol. The lowest BCUT2D eigenvalue weighted by Crippen LogP contribution is -2.66.